The lowest BCUT2D eigenvalue weighted by atomic mass is 10.0. The molecule has 37 heavy (non-hydrogen) atoms. The highest BCUT2D eigenvalue weighted by molar-refractivity contribution is 6.34. The van der Waals surface area contributed by atoms with Crippen LogP contribution in [0.4, 0.5) is 37.8 Å². The predicted octanol–water partition coefficient (Wildman–Crippen LogP) is 4.70. The van der Waals surface area contributed by atoms with E-state index in [1.807, 2.05) is 0 Å². The zero-order chi connectivity index (χ0) is 27.0. The smallest absolute Gasteiger partial charge is 0.352 e. The Bertz CT molecular complexity index is 1250. The second-order valence-corrected chi connectivity index (χ2v) is 8.79. The summed E-state index contributed by atoms with van der Waals surface area (Å²) >= 11 is 6.22. The topological polar surface area (TPSA) is 66.3 Å². The van der Waals surface area contributed by atoms with E-state index in [9.17, 15) is 31.1 Å². The molecule has 0 atom stereocenters. The van der Waals surface area contributed by atoms with Gasteiger partial charge < -0.3 is 15.1 Å². The van der Waals surface area contributed by atoms with E-state index in [0.717, 1.165) is 4.68 Å². The number of halogens is 7. The summed E-state index contributed by atoms with van der Waals surface area (Å²) in [6.45, 7) is 1.45. The standard InChI is InChI=1S/C23H21ClF6N6O/c1-34(18-5-3-2-4-17(18)24)21(37)19-20(35-8-6-31-7-9-35)36(33-32-19)13-14-10-15(22(25,26)27)12-16(11-14)23(28,29)30/h2-5,10-12,31H,6-9,13H2,1H3. The van der Waals surface area contributed by atoms with E-state index in [2.05, 4.69) is 15.6 Å². The normalized spacial score (nSPS) is 14.6. The molecular weight excluding hydrogens is 526 g/mol. The molecule has 0 spiro atoms. The number of carbonyl (C=O) groups is 1. The van der Waals surface area contributed by atoms with Crippen LogP contribution in [0.25, 0.3) is 0 Å². The summed E-state index contributed by atoms with van der Waals surface area (Å²) in [6, 6.07) is 7.93. The number of nitrogens with zero attached hydrogens (tertiary/aromatic N) is 5. The van der Waals surface area contributed by atoms with Crippen molar-refractivity contribution in [2.24, 2.45) is 0 Å². The molecule has 0 unspecified atom stereocenters. The van der Waals surface area contributed by atoms with Crippen LogP contribution in [-0.4, -0.2) is 54.1 Å². The van der Waals surface area contributed by atoms with Crippen LogP contribution >= 0.6 is 11.6 Å². The molecule has 1 fully saturated rings. The van der Waals surface area contributed by atoms with Crippen molar-refractivity contribution in [3.05, 3.63) is 69.9 Å². The van der Waals surface area contributed by atoms with Crippen LogP contribution < -0.4 is 15.1 Å². The minimum atomic E-state index is -4.99. The number of nitrogens with one attached hydrogen (secondary N) is 1. The molecule has 0 aliphatic carbocycles. The third kappa shape index (κ3) is 5.82. The van der Waals surface area contributed by atoms with Gasteiger partial charge in [-0.05, 0) is 35.9 Å². The van der Waals surface area contributed by atoms with Crippen molar-refractivity contribution < 1.29 is 31.1 Å². The van der Waals surface area contributed by atoms with E-state index in [0.29, 0.717) is 49.0 Å². The Hall–Kier alpha value is -3.32. The Morgan fingerprint density at radius 3 is 2.19 bits per heavy atom. The second-order valence-electron chi connectivity index (χ2n) is 8.39. The number of carbonyl (C=O) groups excluding carboxylic acids is 1. The van der Waals surface area contributed by atoms with Gasteiger partial charge in [-0.2, -0.15) is 26.3 Å². The SMILES string of the molecule is CN(C(=O)c1nnn(Cc2cc(C(F)(F)F)cc(C(F)(F)F)c2)c1N1CCNCC1)c1ccccc1Cl. The van der Waals surface area contributed by atoms with Crippen LogP contribution in [0.1, 0.15) is 27.2 Å². The summed E-state index contributed by atoms with van der Waals surface area (Å²) in [6.07, 6.45) is -9.98. The molecule has 3 aromatic rings. The van der Waals surface area contributed by atoms with E-state index in [1.165, 1.54) is 11.9 Å². The first-order valence-corrected chi connectivity index (χ1v) is 11.4. The number of para-hydroxylation sites is 1. The van der Waals surface area contributed by atoms with Crippen molar-refractivity contribution in [2.75, 3.05) is 43.0 Å². The molecule has 2 heterocycles. The van der Waals surface area contributed by atoms with Crippen LogP contribution in [0.3, 0.4) is 0 Å². The summed E-state index contributed by atoms with van der Waals surface area (Å²) in [5.74, 6) is -0.399. The summed E-state index contributed by atoms with van der Waals surface area (Å²) in [5.41, 5.74) is -2.87. The van der Waals surface area contributed by atoms with Crippen molar-refractivity contribution in [3.63, 3.8) is 0 Å². The quantitative estimate of drug-likeness (QED) is 0.470. The number of piperazine rings is 1. The van der Waals surface area contributed by atoms with Crippen LogP contribution in [-0.2, 0) is 18.9 Å². The van der Waals surface area contributed by atoms with Crippen LogP contribution in [0.15, 0.2) is 42.5 Å². The molecule has 1 aliphatic heterocycles. The second kappa shape index (κ2) is 10.2. The van der Waals surface area contributed by atoms with E-state index in [4.69, 9.17) is 11.6 Å². The van der Waals surface area contributed by atoms with E-state index >= 15 is 0 Å². The molecule has 1 aliphatic rings. The lowest BCUT2D eigenvalue weighted by Gasteiger charge is -2.30. The Balaban J connectivity index is 1.77. The minimum absolute atomic E-state index is 0.0651. The Morgan fingerprint density at radius 2 is 1.62 bits per heavy atom. The van der Waals surface area contributed by atoms with Crippen LogP contribution in [0.5, 0.6) is 0 Å². The number of rotatable bonds is 5. The van der Waals surface area contributed by atoms with Crippen molar-refractivity contribution >= 4 is 29.0 Å². The molecule has 4 rings (SSSR count). The van der Waals surface area contributed by atoms with E-state index in [1.54, 1.807) is 29.2 Å². The molecule has 1 saturated heterocycles. The number of hydrogen-bond donors (Lipinski definition) is 1. The van der Waals surface area contributed by atoms with Crippen LogP contribution in [0, 0.1) is 0 Å². The highest BCUT2D eigenvalue weighted by Crippen LogP contribution is 2.37. The fourth-order valence-corrected chi connectivity index (χ4v) is 4.28. The fraction of sp³-hybridized carbons (Fsp3) is 0.348. The molecule has 198 valence electrons. The average Bonchev–Trinajstić information content (AvgIpc) is 3.26. The van der Waals surface area contributed by atoms with Gasteiger partial charge >= 0.3 is 12.4 Å². The number of benzene rings is 2. The third-order valence-electron chi connectivity index (χ3n) is 5.83. The van der Waals surface area contributed by atoms with Gasteiger partial charge in [0.05, 0.1) is 28.4 Å². The summed E-state index contributed by atoms with van der Waals surface area (Å²) in [4.78, 5) is 16.4. The molecule has 0 radical (unpaired) electrons. The molecule has 2 aromatic carbocycles. The van der Waals surface area contributed by atoms with Crippen molar-refractivity contribution in [2.45, 2.75) is 18.9 Å². The summed E-state index contributed by atoms with van der Waals surface area (Å²) < 4.78 is 81.3. The number of alkyl halides is 6. The van der Waals surface area contributed by atoms with E-state index < -0.39 is 35.9 Å². The Kier molecular flexibility index (Phi) is 7.38. The number of amides is 1. The monoisotopic (exact) mass is 546 g/mol. The minimum Gasteiger partial charge on any atom is -0.352 e. The first-order valence-electron chi connectivity index (χ1n) is 11.1. The molecule has 7 nitrogen and oxygen atoms in total. The van der Waals surface area contributed by atoms with Gasteiger partial charge in [0.2, 0.25) is 0 Å². The molecule has 1 aromatic heterocycles. The Labute approximate surface area is 212 Å². The number of hydrogen-bond acceptors (Lipinski definition) is 5. The molecule has 14 heteroatoms. The number of anilines is 2. The molecular formula is C23H21ClF6N6O. The maximum absolute atomic E-state index is 13.4. The van der Waals surface area contributed by atoms with Crippen molar-refractivity contribution in [1.29, 1.82) is 0 Å². The van der Waals surface area contributed by atoms with Gasteiger partial charge in [0, 0.05) is 33.2 Å². The van der Waals surface area contributed by atoms with Gasteiger partial charge in [-0.3, -0.25) is 4.79 Å². The fourth-order valence-electron chi connectivity index (χ4n) is 4.02. The van der Waals surface area contributed by atoms with Gasteiger partial charge in [-0.25, -0.2) is 4.68 Å². The maximum atomic E-state index is 13.4. The zero-order valence-electron chi connectivity index (χ0n) is 19.4. The van der Waals surface area contributed by atoms with Crippen molar-refractivity contribution in [1.82, 2.24) is 20.3 Å². The molecule has 0 saturated carbocycles. The van der Waals surface area contributed by atoms with Gasteiger partial charge in [-0.1, -0.05) is 28.9 Å². The van der Waals surface area contributed by atoms with Crippen molar-refractivity contribution in [3.8, 4) is 0 Å². The highest BCUT2D eigenvalue weighted by Gasteiger charge is 2.37. The summed E-state index contributed by atoms with van der Waals surface area (Å²) in [5, 5.41) is 11.4. The lowest BCUT2D eigenvalue weighted by molar-refractivity contribution is -0.143. The van der Waals surface area contributed by atoms with Gasteiger partial charge in [0.15, 0.2) is 11.5 Å². The highest BCUT2D eigenvalue weighted by atomic mass is 35.5. The molecule has 1 amide bonds. The van der Waals surface area contributed by atoms with Gasteiger partial charge in [0.25, 0.3) is 5.91 Å². The third-order valence-corrected chi connectivity index (χ3v) is 6.15. The van der Waals surface area contributed by atoms with E-state index in [-0.39, 0.29) is 23.1 Å². The zero-order valence-corrected chi connectivity index (χ0v) is 20.1. The molecule has 0 bridgehead atoms. The number of aromatic nitrogens is 3. The lowest BCUT2D eigenvalue weighted by Crippen LogP contribution is -2.45. The maximum Gasteiger partial charge on any atom is 0.416 e. The van der Waals surface area contributed by atoms with Gasteiger partial charge in [-0.15, -0.1) is 5.10 Å². The van der Waals surface area contributed by atoms with Crippen LogP contribution in [0.2, 0.25) is 5.02 Å². The largest absolute Gasteiger partial charge is 0.416 e. The summed E-state index contributed by atoms with van der Waals surface area (Å²) in [7, 11) is 1.48. The van der Waals surface area contributed by atoms with Gasteiger partial charge in [0.1, 0.15) is 0 Å². The predicted molar refractivity (Wildman–Crippen MR) is 125 cm³/mol. The average molecular weight is 547 g/mol. The molecule has 1 N–H and O–H groups in total. The first-order chi connectivity index (χ1) is 17.4. The Morgan fingerprint density at radius 1 is 1.03 bits per heavy atom. The first kappa shape index (κ1) is 26.7.